The number of hydrogen-bond acceptors (Lipinski definition) is 5. The van der Waals surface area contributed by atoms with Gasteiger partial charge in [-0.05, 0) is 62.1 Å². The molecule has 6 rings (SSSR count). The highest BCUT2D eigenvalue weighted by molar-refractivity contribution is 6.08. The zero-order chi connectivity index (χ0) is 25.2. The maximum absolute atomic E-state index is 14.5. The smallest absolute Gasteiger partial charge is 0.328 e. The molecule has 3 aromatic rings. The number of hydrogen-bond donors (Lipinski definition) is 3. The van der Waals surface area contributed by atoms with Gasteiger partial charge < -0.3 is 20.1 Å². The van der Waals surface area contributed by atoms with E-state index < -0.39 is 17.4 Å². The average Bonchev–Trinajstić information content (AvgIpc) is 3.59. The molecule has 188 valence electrons. The van der Waals surface area contributed by atoms with Crippen molar-refractivity contribution in [2.75, 3.05) is 20.2 Å². The number of amides is 3. The van der Waals surface area contributed by atoms with Gasteiger partial charge in [-0.25, -0.2) is 9.18 Å². The molecule has 9 heteroatoms. The van der Waals surface area contributed by atoms with Crippen LogP contribution in [0.25, 0.3) is 10.9 Å². The Bertz CT molecular complexity index is 1380. The molecule has 1 saturated heterocycles. The Kier molecular flexibility index (Phi) is 5.22. The first-order chi connectivity index (χ1) is 17.3. The van der Waals surface area contributed by atoms with E-state index >= 15 is 0 Å². The molecule has 1 aliphatic carbocycles. The lowest BCUT2D eigenvalue weighted by atomic mass is 9.81. The number of H-pyrrole nitrogens is 1. The molecular weight excluding hydrogens is 463 g/mol. The monoisotopic (exact) mass is 492 g/mol. The van der Waals surface area contributed by atoms with Gasteiger partial charge in [0.1, 0.15) is 17.3 Å². The van der Waals surface area contributed by atoms with Crippen LogP contribution in [-0.2, 0) is 11.2 Å². The number of halogens is 1. The lowest BCUT2D eigenvalue weighted by Crippen LogP contribution is -2.53. The van der Waals surface area contributed by atoms with E-state index in [9.17, 15) is 19.1 Å². The molecule has 1 saturated carbocycles. The zero-order valence-corrected chi connectivity index (χ0v) is 20.3. The number of nitrogens with one attached hydrogen (secondary N) is 2. The number of phenolic OH excluding ortho intramolecular Hbond substituents is 1. The molecule has 1 aromatic heterocycles. The molecule has 2 aliphatic heterocycles. The first-order valence-corrected chi connectivity index (χ1v) is 12.4. The zero-order valence-electron chi connectivity index (χ0n) is 20.3. The van der Waals surface area contributed by atoms with Crippen LogP contribution in [0.2, 0.25) is 0 Å². The number of methoxy groups -OCH3 is 1. The normalized spacial score (nSPS) is 23.4. The minimum absolute atomic E-state index is 0.0612. The van der Waals surface area contributed by atoms with Gasteiger partial charge in [-0.2, -0.15) is 0 Å². The van der Waals surface area contributed by atoms with Crippen LogP contribution in [0.4, 0.5) is 9.18 Å². The number of rotatable bonds is 7. The highest BCUT2D eigenvalue weighted by atomic mass is 19.1. The van der Waals surface area contributed by atoms with Crippen molar-refractivity contribution in [1.29, 1.82) is 0 Å². The van der Waals surface area contributed by atoms with Crippen molar-refractivity contribution in [3.05, 3.63) is 59.0 Å². The molecule has 0 radical (unpaired) electrons. The fraction of sp³-hybridized carbons (Fsp3) is 0.407. The van der Waals surface area contributed by atoms with Crippen LogP contribution in [0, 0.1) is 5.82 Å². The molecular formula is C27H29FN4O4. The molecule has 3 N–H and O–H groups in total. The molecule has 2 aromatic carbocycles. The van der Waals surface area contributed by atoms with Gasteiger partial charge in [0.15, 0.2) is 11.6 Å². The molecule has 2 unspecified atom stereocenters. The highest BCUT2D eigenvalue weighted by Crippen LogP contribution is 2.49. The van der Waals surface area contributed by atoms with Crippen LogP contribution in [0.3, 0.4) is 0 Å². The van der Waals surface area contributed by atoms with Crippen molar-refractivity contribution >= 4 is 22.8 Å². The van der Waals surface area contributed by atoms with E-state index in [-0.39, 0.29) is 29.9 Å². The summed E-state index contributed by atoms with van der Waals surface area (Å²) in [6, 6.07) is 9.28. The summed E-state index contributed by atoms with van der Waals surface area (Å²) in [5, 5.41) is 14.4. The van der Waals surface area contributed by atoms with Gasteiger partial charge in [0, 0.05) is 41.7 Å². The number of fused-ring (bicyclic) bond motifs is 4. The second kappa shape index (κ2) is 8.23. The fourth-order valence-corrected chi connectivity index (χ4v) is 5.74. The maximum atomic E-state index is 14.5. The van der Waals surface area contributed by atoms with Crippen LogP contribution >= 0.6 is 0 Å². The first kappa shape index (κ1) is 22.8. The molecule has 8 nitrogen and oxygen atoms in total. The highest BCUT2D eigenvalue weighted by Gasteiger charge is 2.60. The molecule has 36 heavy (non-hydrogen) atoms. The summed E-state index contributed by atoms with van der Waals surface area (Å²) < 4.78 is 19.7. The van der Waals surface area contributed by atoms with Crippen LogP contribution < -0.4 is 10.1 Å². The Balaban J connectivity index is 1.45. The van der Waals surface area contributed by atoms with Crippen molar-refractivity contribution in [2.24, 2.45) is 0 Å². The van der Waals surface area contributed by atoms with Crippen LogP contribution in [0.1, 0.15) is 49.0 Å². The van der Waals surface area contributed by atoms with Gasteiger partial charge in [-0.15, -0.1) is 0 Å². The predicted octanol–water partition coefficient (Wildman–Crippen LogP) is 3.83. The Morgan fingerprint density at radius 3 is 2.78 bits per heavy atom. The first-order valence-electron chi connectivity index (χ1n) is 12.4. The quantitative estimate of drug-likeness (QED) is 0.344. The average molecular weight is 493 g/mol. The number of imide groups is 1. The van der Waals surface area contributed by atoms with E-state index in [1.54, 1.807) is 36.1 Å². The third kappa shape index (κ3) is 3.44. The van der Waals surface area contributed by atoms with Crippen LogP contribution in [0.5, 0.6) is 11.5 Å². The molecule has 0 bridgehead atoms. The van der Waals surface area contributed by atoms with E-state index in [1.807, 2.05) is 6.07 Å². The Labute approximate surface area is 208 Å². The summed E-state index contributed by atoms with van der Waals surface area (Å²) in [5.74, 6) is -0.559. The largest absolute Gasteiger partial charge is 0.508 e. The van der Waals surface area contributed by atoms with Crippen molar-refractivity contribution in [3.63, 3.8) is 0 Å². The number of carbonyl (C=O) groups is 2. The van der Waals surface area contributed by atoms with Gasteiger partial charge in [-0.1, -0.05) is 12.1 Å². The Morgan fingerprint density at radius 1 is 1.25 bits per heavy atom. The van der Waals surface area contributed by atoms with E-state index in [4.69, 9.17) is 4.74 Å². The number of aromatic hydroxyl groups is 1. The predicted molar refractivity (Wildman–Crippen MR) is 131 cm³/mol. The number of benzene rings is 2. The number of carbonyl (C=O) groups excluding carboxylic acids is 2. The van der Waals surface area contributed by atoms with Crippen LogP contribution in [0.15, 0.2) is 36.4 Å². The van der Waals surface area contributed by atoms with Gasteiger partial charge in [0.05, 0.1) is 7.11 Å². The molecule has 2 fully saturated rings. The number of aromatic nitrogens is 1. The molecule has 3 aliphatic rings. The Hall–Kier alpha value is -3.59. The molecule has 3 heterocycles. The summed E-state index contributed by atoms with van der Waals surface area (Å²) in [6.45, 7) is 2.89. The number of phenols is 1. The molecule has 0 spiro atoms. The van der Waals surface area contributed by atoms with Crippen molar-refractivity contribution in [2.45, 2.75) is 50.2 Å². The molecule has 3 amide bonds. The minimum atomic E-state index is -1.12. The van der Waals surface area contributed by atoms with Gasteiger partial charge >= 0.3 is 6.03 Å². The van der Waals surface area contributed by atoms with Gasteiger partial charge in [0.2, 0.25) is 0 Å². The SMILES string of the molecule is COc1cc2c3c([nH]c2cc1F)C(c1cccc(O)c1)N1C(=O)N(CCCNC2CC2)C(=O)C1(C)C3. The fourth-order valence-electron chi connectivity index (χ4n) is 5.74. The second-order valence-electron chi connectivity index (χ2n) is 10.2. The summed E-state index contributed by atoms with van der Waals surface area (Å²) in [7, 11) is 1.41. The van der Waals surface area contributed by atoms with Crippen molar-refractivity contribution < 1.29 is 23.8 Å². The number of urea groups is 1. The van der Waals surface area contributed by atoms with Crippen LogP contribution in [-0.4, -0.2) is 63.6 Å². The van der Waals surface area contributed by atoms with Gasteiger partial charge in [0.25, 0.3) is 5.91 Å². The topological polar surface area (TPSA) is 97.9 Å². The standard InChI is InChI=1S/C27H29FN4O4/c1-27-14-19-18-12-22(36-2)20(28)13-21(18)30-23(19)24(15-5-3-6-17(33)11-15)32(27)26(35)31(25(27)34)10-4-9-29-16-7-8-16/h3,5-6,11-13,16,24,29-30,33H,4,7-10,14H2,1-2H3. The van der Waals surface area contributed by atoms with E-state index in [2.05, 4.69) is 10.3 Å². The summed E-state index contributed by atoms with van der Waals surface area (Å²) in [5.41, 5.74) is 1.66. The Morgan fingerprint density at radius 2 is 2.06 bits per heavy atom. The third-order valence-corrected chi connectivity index (χ3v) is 7.69. The van der Waals surface area contributed by atoms with Crippen molar-refractivity contribution in [3.8, 4) is 11.5 Å². The minimum Gasteiger partial charge on any atom is -0.508 e. The number of ether oxygens (including phenoxy) is 1. The van der Waals surface area contributed by atoms with Crippen molar-refractivity contribution in [1.82, 2.24) is 20.1 Å². The van der Waals surface area contributed by atoms with Gasteiger partial charge in [-0.3, -0.25) is 14.6 Å². The van der Waals surface area contributed by atoms with E-state index in [0.29, 0.717) is 35.8 Å². The third-order valence-electron chi connectivity index (χ3n) is 7.69. The number of aromatic amines is 1. The summed E-state index contributed by atoms with van der Waals surface area (Å²) in [6.07, 6.45) is 3.33. The lowest BCUT2D eigenvalue weighted by Gasteiger charge is -2.42. The summed E-state index contributed by atoms with van der Waals surface area (Å²) in [4.78, 5) is 33.9. The summed E-state index contributed by atoms with van der Waals surface area (Å²) >= 11 is 0. The second-order valence-corrected chi connectivity index (χ2v) is 10.2. The van der Waals surface area contributed by atoms with E-state index in [1.165, 1.54) is 30.9 Å². The van der Waals surface area contributed by atoms with E-state index in [0.717, 1.165) is 17.5 Å². The lowest BCUT2D eigenvalue weighted by molar-refractivity contribution is -0.133. The molecule has 2 atom stereocenters. The number of nitrogens with zero attached hydrogens (tertiary/aromatic N) is 2. The maximum Gasteiger partial charge on any atom is 0.328 e.